The van der Waals surface area contributed by atoms with Gasteiger partial charge in [0.05, 0.1) is 17.6 Å². The molecular formula is C13H11N3S2. The van der Waals surface area contributed by atoms with E-state index in [-0.39, 0.29) is 0 Å². The molecule has 0 unspecified atom stereocenters. The lowest BCUT2D eigenvalue weighted by atomic mass is 10.2. The molecule has 3 aromatic heterocycles. The van der Waals surface area contributed by atoms with Gasteiger partial charge in [-0.1, -0.05) is 0 Å². The number of aryl methyl sites for hydroxylation is 1. The maximum absolute atomic E-state index is 4.60. The molecule has 3 nitrogen and oxygen atoms in total. The van der Waals surface area contributed by atoms with Gasteiger partial charge in [0.25, 0.3) is 0 Å². The smallest absolute Gasteiger partial charge is 0.187 e. The molecule has 0 amide bonds. The van der Waals surface area contributed by atoms with Crippen LogP contribution < -0.4 is 5.32 Å². The zero-order valence-corrected chi connectivity index (χ0v) is 11.4. The number of aromatic nitrogens is 2. The van der Waals surface area contributed by atoms with Gasteiger partial charge >= 0.3 is 0 Å². The van der Waals surface area contributed by atoms with Gasteiger partial charge < -0.3 is 5.32 Å². The van der Waals surface area contributed by atoms with E-state index in [1.54, 1.807) is 35.1 Å². The Balaban J connectivity index is 1.84. The third kappa shape index (κ3) is 2.27. The third-order valence-electron chi connectivity index (χ3n) is 2.55. The standard InChI is InChI=1S/C13H11N3S2/c1-9-11(4-6-17-9)12-8-18-13(16-12)15-10-3-2-5-14-7-10/h2-8H,1H3,(H,15,16). The quantitative estimate of drug-likeness (QED) is 0.772. The van der Waals surface area contributed by atoms with Crippen molar-refractivity contribution in [2.45, 2.75) is 6.92 Å². The molecule has 0 fully saturated rings. The molecule has 0 atom stereocenters. The van der Waals surface area contributed by atoms with Crippen LogP contribution in [0.1, 0.15) is 4.88 Å². The van der Waals surface area contributed by atoms with E-state index in [0.29, 0.717) is 0 Å². The number of anilines is 2. The van der Waals surface area contributed by atoms with Gasteiger partial charge in [0.1, 0.15) is 0 Å². The number of nitrogens with zero attached hydrogens (tertiary/aromatic N) is 2. The second kappa shape index (κ2) is 4.88. The summed E-state index contributed by atoms with van der Waals surface area (Å²) in [6.07, 6.45) is 3.55. The number of pyridine rings is 1. The molecule has 0 radical (unpaired) electrons. The Morgan fingerprint density at radius 3 is 2.89 bits per heavy atom. The van der Waals surface area contributed by atoms with Crippen LogP contribution in [0, 0.1) is 6.92 Å². The summed E-state index contributed by atoms with van der Waals surface area (Å²) in [6.45, 7) is 2.12. The van der Waals surface area contributed by atoms with Gasteiger partial charge in [-0.2, -0.15) is 0 Å². The van der Waals surface area contributed by atoms with Crippen molar-refractivity contribution in [1.82, 2.24) is 9.97 Å². The fraction of sp³-hybridized carbons (Fsp3) is 0.0769. The molecule has 0 aliphatic rings. The predicted octanol–water partition coefficient (Wildman–Crippen LogP) is 4.32. The molecule has 0 aliphatic carbocycles. The van der Waals surface area contributed by atoms with Gasteiger partial charge in [-0.3, -0.25) is 4.98 Å². The second-order valence-electron chi connectivity index (χ2n) is 3.80. The number of hydrogen-bond acceptors (Lipinski definition) is 5. The summed E-state index contributed by atoms with van der Waals surface area (Å²) in [5.41, 5.74) is 3.21. The van der Waals surface area contributed by atoms with E-state index in [1.807, 2.05) is 12.1 Å². The van der Waals surface area contributed by atoms with E-state index < -0.39 is 0 Å². The second-order valence-corrected chi connectivity index (χ2v) is 5.77. The molecule has 1 N–H and O–H groups in total. The van der Waals surface area contributed by atoms with Gasteiger partial charge in [0.15, 0.2) is 5.13 Å². The first-order valence-electron chi connectivity index (χ1n) is 5.50. The lowest BCUT2D eigenvalue weighted by Gasteiger charge is -2.00. The van der Waals surface area contributed by atoms with E-state index >= 15 is 0 Å². The highest BCUT2D eigenvalue weighted by atomic mass is 32.1. The Hall–Kier alpha value is -1.72. The Morgan fingerprint density at radius 2 is 2.17 bits per heavy atom. The van der Waals surface area contributed by atoms with Gasteiger partial charge in [0, 0.05) is 22.0 Å². The predicted molar refractivity (Wildman–Crippen MR) is 77.7 cm³/mol. The zero-order chi connectivity index (χ0) is 12.4. The Kier molecular flexibility index (Phi) is 3.08. The highest BCUT2D eigenvalue weighted by molar-refractivity contribution is 7.14. The maximum Gasteiger partial charge on any atom is 0.187 e. The minimum absolute atomic E-state index is 0.892. The lowest BCUT2D eigenvalue weighted by Crippen LogP contribution is -1.89. The van der Waals surface area contributed by atoms with Crippen LogP contribution in [0.3, 0.4) is 0 Å². The van der Waals surface area contributed by atoms with E-state index in [9.17, 15) is 0 Å². The number of thiophene rings is 1. The van der Waals surface area contributed by atoms with Crippen LogP contribution in [0.15, 0.2) is 41.4 Å². The molecule has 18 heavy (non-hydrogen) atoms. The highest BCUT2D eigenvalue weighted by Crippen LogP contribution is 2.31. The van der Waals surface area contributed by atoms with Gasteiger partial charge in [-0.05, 0) is 30.5 Å². The normalized spacial score (nSPS) is 10.5. The Bertz CT molecular complexity index is 643. The first kappa shape index (κ1) is 11.4. The lowest BCUT2D eigenvalue weighted by molar-refractivity contribution is 1.31. The van der Waals surface area contributed by atoms with Crippen molar-refractivity contribution in [3.63, 3.8) is 0 Å². The summed E-state index contributed by atoms with van der Waals surface area (Å²) in [5.74, 6) is 0. The van der Waals surface area contributed by atoms with Crippen LogP contribution in [0.2, 0.25) is 0 Å². The summed E-state index contributed by atoms with van der Waals surface area (Å²) in [5, 5.41) is 8.32. The number of nitrogens with one attached hydrogen (secondary N) is 1. The maximum atomic E-state index is 4.60. The minimum Gasteiger partial charge on any atom is -0.330 e. The monoisotopic (exact) mass is 273 g/mol. The first-order chi connectivity index (χ1) is 8.83. The van der Waals surface area contributed by atoms with Crippen LogP contribution in [0.5, 0.6) is 0 Å². The molecule has 5 heteroatoms. The van der Waals surface area contributed by atoms with E-state index in [0.717, 1.165) is 16.5 Å². The molecule has 0 saturated heterocycles. The molecule has 3 rings (SSSR count). The van der Waals surface area contributed by atoms with Gasteiger partial charge in [0.2, 0.25) is 0 Å². The summed E-state index contributed by atoms with van der Waals surface area (Å²) in [6, 6.07) is 5.99. The molecular weight excluding hydrogens is 262 g/mol. The fourth-order valence-corrected chi connectivity index (χ4v) is 3.10. The summed E-state index contributed by atoms with van der Waals surface area (Å²) < 4.78 is 0. The molecule has 0 saturated carbocycles. The molecule has 3 aromatic rings. The molecule has 0 spiro atoms. The van der Waals surface area contributed by atoms with Crippen molar-refractivity contribution in [2.75, 3.05) is 5.32 Å². The number of hydrogen-bond donors (Lipinski definition) is 1. The largest absolute Gasteiger partial charge is 0.330 e. The average molecular weight is 273 g/mol. The molecule has 90 valence electrons. The van der Waals surface area contributed by atoms with Crippen molar-refractivity contribution in [3.05, 3.63) is 46.2 Å². The van der Waals surface area contributed by atoms with Gasteiger partial charge in [-0.25, -0.2) is 4.98 Å². The van der Waals surface area contributed by atoms with Crippen molar-refractivity contribution in [1.29, 1.82) is 0 Å². The van der Waals surface area contributed by atoms with E-state index in [4.69, 9.17) is 0 Å². The minimum atomic E-state index is 0.892. The number of rotatable bonds is 3. The van der Waals surface area contributed by atoms with Crippen LogP contribution in [-0.2, 0) is 0 Å². The zero-order valence-electron chi connectivity index (χ0n) is 9.75. The fourth-order valence-electron chi connectivity index (χ4n) is 1.67. The Morgan fingerprint density at radius 1 is 1.22 bits per heavy atom. The van der Waals surface area contributed by atoms with Crippen molar-refractivity contribution >= 4 is 33.5 Å². The SMILES string of the molecule is Cc1sccc1-c1csc(Nc2cccnc2)n1. The summed E-state index contributed by atoms with van der Waals surface area (Å²) in [4.78, 5) is 9.96. The van der Waals surface area contributed by atoms with Crippen molar-refractivity contribution in [2.24, 2.45) is 0 Å². The third-order valence-corrected chi connectivity index (χ3v) is 4.16. The van der Waals surface area contributed by atoms with Crippen molar-refractivity contribution in [3.8, 4) is 11.3 Å². The van der Waals surface area contributed by atoms with E-state index in [1.165, 1.54) is 10.4 Å². The molecule has 0 aromatic carbocycles. The Labute approximate surface area is 113 Å². The molecule has 0 bridgehead atoms. The average Bonchev–Trinajstić information content (AvgIpc) is 2.99. The van der Waals surface area contributed by atoms with Crippen molar-refractivity contribution < 1.29 is 0 Å². The summed E-state index contributed by atoms with van der Waals surface area (Å²) in [7, 11) is 0. The molecule has 0 aliphatic heterocycles. The summed E-state index contributed by atoms with van der Waals surface area (Å²) >= 11 is 3.35. The first-order valence-corrected chi connectivity index (χ1v) is 7.26. The van der Waals surface area contributed by atoms with Crippen LogP contribution in [0.4, 0.5) is 10.8 Å². The van der Waals surface area contributed by atoms with Gasteiger partial charge in [-0.15, -0.1) is 22.7 Å². The molecule has 3 heterocycles. The van der Waals surface area contributed by atoms with E-state index in [2.05, 4.69) is 39.0 Å². The highest BCUT2D eigenvalue weighted by Gasteiger charge is 2.08. The topological polar surface area (TPSA) is 37.8 Å². The van der Waals surface area contributed by atoms with Crippen LogP contribution in [0.25, 0.3) is 11.3 Å². The van der Waals surface area contributed by atoms with Crippen LogP contribution in [-0.4, -0.2) is 9.97 Å². The van der Waals surface area contributed by atoms with Crippen LogP contribution >= 0.6 is 22.7 Å². The number of thiazole rings is 1.